The normalized spacial score (nSPS) is 32.9. The molecular weight excluding hydrogens is 1460 g/mol. The van der Waals surface area contributed by atoms with Crippen molar-refractivity contribution >= 4 is 40.0 Å². The quantitative estimate of drug-likeness (QED) is 0.0207. The van der Waals surface area contributed by atoms with Gasteiger partial charge in [0, 0.05) is 70.4 Å². The Bertz CT molecular complexity index is 4610. The molecule has 5 aromatic rings. The molecule has 0 bridgehead atoms. The van der Waals surface area contributed by atoms with Gasteiger partial charge in [-0.2, -0.15) is 0 Å². The van der Waals surface area contributed by atoms with Crippen molar-refractivity contribution in [3.63, 3.8) is 0 Å². The van der Waals surface area contributed by atoms with Crippen LogP contribution in [0.3, 0.4) is 0 Å². The van der Waals surface area contributed by atoms with Crippen molar-refractivity contribution in [2.24, 2.45) is 0 Å². The topological polar surface area (TPSA) is 691 Å². The smallest absolute Gasteiger partial charge is 0.387 e. The third-order valence-corrected chi connectivity index (χ3v) is 19.2. The van der Waals surface area contributed by atoms with E-state index in [0.29, 0.717) is 22.8 Å². The summed E-state index contributed by atoms with van der Waals surface area (Å²) < 4.78 is 144. The predicted molar refractivity (Wildman–Crippen MR) is 308 cm³/mol. The second-order valence-corrected chi connectivity index (χ2v) is 27.4. The van der Waals surface area contributed by atoms with Gasteiger partial charge in [-0.3, -0.25) is 98.9 Å². The number of nitrogens with one attached hydrogen (secondary N) is 5. The standard InChI is InChI=1S/C45H53N10O39P5/c56-21-1-6-51(41(67)46-21)36-27(62)26(61)16(86-36)13-83-97(75,76)93-34-19(89-39(30(34)65)54-9-4-24(59)49-44(54)70)15-85-99(79,80)94-35-20(90-40(31(35)66)55-10-5-25(60)50-45(55)71)14-84-98(77,78)92-33-18(88-38(29(33)64)53-8-3-23(58)48-43(53)69)12-82-96(74)91-32-17(11-81-95(72)73)87-37(28(32)63)52-7-2-22(57)47-42(52)68/h1-10,16-20,26-40,61-66H,11-15H2,(H7-2,46,47,48,49,50,56,57,58,59,60,67,68,69,70,71,72,73,75,76,77,78,79,80)/p+2/t16-,17-,18-,19-,20-,26-,27-,28-,29-,30-,31-,32-,33-,34-,35-,36-,37-,38-,39-,40-/m1/s1. The summed E-state index contributed by atoms with van der Waals surface area (Å²) in [5.74, 6) is 0. The minimum Gasteiger partial charge on any atom is -0.387 e. The highest BCUT2D eigenvalue weighted by atomic mass is 31.2. The highest BCUT2D eigenvalue weighted by Gasteiger charge is 2.57. The Hall–Kier alpha value is -6.67. The number of hydrogen-bond donors (Lipinski definition) is 15. The van der Waals surface area contributed by atoms with Gasteiger partial charge in [0.15, 0.2) is 37.2 Å². The number of nitrogens with zero attached hydrogens (tertiary/aromatic N) is 5. The maximum Gasteiger partial charge on any atom is 0.697 e. The number of hydrogen-bond acceptors (Lipinski definition) is 35. The van der Waals surface area contributed by atoms with Crippen LogP contribution in [0.4, 0.5) is 0 Å². The number of phosphoric acid groups is 3. The van der Waals surface area contributed by atoms with Crippen molar-refractivity contribution < 1.29 is 137 Å². The van der Waals surface area contributed by atoms with Crippen molar-refractivity contribution in [3.8, 4) is 0 Å². The van der Waals surface area contributed by atoms with E-state index in [1.807, 2.05) is 24.9 Å². The first-order valence-electron chi connectivity index (χ1n) is 28.0. The van der Waals surface area contributed by atoms with E-state index in [1.54, 1.807) is 0 Å². The predicted octanol–water partition coefficient (Wildman–Crippen LogP) is -8.38. The lowest BCUT2D eigenvalue weighted by Crippen LogP contribution is -2.40. The van der Waals surface area contributed by atoms with E-state index >= 15 is 0 Å². The zero-order valence-electron chi connectivity index (χ0n) is 49.1. The minimum absolute atomic E-state index is 0.487. The zero-order valence-corrected chi connectivity index (χ0v) is 53.6. The van der Waals surface area contributed by atoms with Crippen molar-refractivity contribution in [1.29, 1.82) is 0 Å². The van der Waals surface area contributed by atoms with Crippen molar-refractivity contribution in [3.05, 3.63) is 166 Å². The minimum atomic E-state index is -5.93. The summed E-state index contributed by atoms with van der Waals surface area (Å²) in [5.41, 5.74) is -10.7. The van der Waals surface area contributed by atoms with Crippen LogP contribution in [0, 0.1) is 0 Å². The Morgan fingerprint density at radius 1 is 0.374 bits per heavy atom. The molecule has 99 heavy (non-hydrogen) atoms. The van der Waals surface area contributed by atoms with Crippen LogP contribution < -0.4 is 56.2 Å². The van der Waals surface area contributed by atoms with Crippen LogP contribution in [0.5, 0.6) is 0 Å². The lowest BCUT2D eigenvalue weighted by Gasteiger charge is -2.26. The first-order chi connectivity index (χ1) is 46.6. The molecule has 5 unspecified atom stereocenters. The van der Waals surface area contributed by atoms with Gasteiger partial charge >= 0.3 is 68.4 Å². The SMILES string of the molecule is O=c1ccn([C@@H]2O[C@H](COP(=O)(O)O[C@H]3[C@@H](O)[C@H](n4ccc(=O)[nH]c4=O)O[C@@H]3COP(=O)(O)O[C@H]3[C@@H](O)[C@H](n4ccc(=O)[nH]c4=O)O[C@@H]3COP(=O)(O)O[C@H]3[C@@H](O)[C@H](n4ccc(=O)[nH]c4=O)O[C@@H]3CO[P+](=O)O[C@H]3[C@@H](O)[C@H](n4ccc(=O)[nH]c4=O)O[C@@H]3CO[P+](=O)O)[C@@H](O)[C@H]2O)c(=O)[nH]1. The molecule has 25 atom stereocenters. The molecule has 49 nitrogen and oxygen atoms in total. The van der Waals surface area contributed by atoms with Gasteiger partial charge in [-0.05, 0) is 0 Å². The van der Waals surface area contributed by atoms with Crippen molar-refractivity contribution in [2.45, 2.75) is 123 Å². The van der Waals surface area contributed by atoms with Crippen LogP contribution in [0.1, 0.15) is 31.1 Å². The average molecular weight is 1510 g/mol. The van der Waals surface area contributed by atoms with Crippen molar-refractivity contribution in [1.82, 2.24) is 47.8 Å². The Kier molecular flexibility index (Phi) is 23.1. The molecule has 0 spiro atoms. The molecule has 5 aliphatic heterocycles. The van der Waals surface area contributed by atoms with Crippen molar-refractivity contribution in [2.75, 3.05) is 33.0 Å². The third kappa shape index (κ3) is 17.3. The van der Waals surface area contributed by atoms with Gasteiger partial charge in [-0.1, -0.05) is 0 Å². The molecule has 5 saturated heterocycles. The number of phosphoric ester groups is 3. The fourth-order valence-electron chi connectivity index (χ4n) is 10.5. The lowest BCUT2D eigenvalue weighted by molar-refractivity contribution is -0.0657. The highest BCUT2D eigenvalue weighted by Crippen LogP contribution is 2.54. The second-order valence-electron chi connectivity index (χ2n) is 21.5. The molecule has 5 aliphatic rings. The first kappa shape index (κ1) is 75.0. The zero-order chi connectivity index (χ0) is 71.9. The van der Waals surface area contributed by atoms with Gasteiger partial charge in [0.25, 0.3) is 27.8 Å². The van der Waals surface area contributed by atoms with Crippen LogP contribution >= 0.6 is 40.0 Å². The van der Waals surface area contributed by atoms with Gasteiger partial charge in [-0.25, -0.2) is 37.7 Å². The molecule has 54 heteroatoms. The Morgan fingerprint density at radius 2 is 0.626 bits per heavy atom. The van der Waals surface area contributed by atoms with Crippen LogP contribution in [-0.4, -0.2) is 223 Å². The van der Waals surface area contributed by atoms with Crippen LogP contribution in [0.15, 0.2) is 109 Å². The Balaban J connectivity index is 0.849. The number of ether oxygens (including phenoxy) is 5. The average Bonchev–Trinajstić information content (AvgIpc) is 1.56. The summed E-state index contributed by atoms with van der Waals surface area (Å²) in [6.45, 7) is -6.06. The van der Waals surface area contributed by atoms with Crippen LogP contribution in [-0.2, 0) is 87.2 Å². The molecule has 0 amide bonds. The molecule has 0 aromatic carbocycles. The van der Waals surface area contributed by atoms with Gasteiger partial charge < -0.3 is 69.0 Å². The van der Waals surface area contributed by atoms with E-state index in [2.05, 4.69) is 4.52 Å². The largest absolute Gasteiger partial charge is 0.697 e. The fraction of sp³-hybridized carbons (Fsp3) is 0.556. The summed E-state index contributed by atoms with van der Waals surface area (Å²) in [4.78, 5) is 175. The number of aliphatic hydroxyl groups is 6. The molecule has 15 N–H and O–H groups in total. The van der Waals surface area contributed by atoms with E-state index < -0.39 is 252 Å². The molecular formula is C45H55N10O39P5+2. The number of H-pyrrole nitrogens is 5. The summed E-state index contributed by atoms with van der Waals surface area (Å²) in [6.07, 6.45) is -37.0. The fourth-order valence-corrected chi connectivity index (χ4v) is 14.5. The molecule has 542 valence electrons. The number of aliphatic hydroxyl groups excluding tert-OH is 6. The van der Waals surface area contributed by atoms with E-state index in [9.17, 15) is 121 Å². The lowest BCUT2D eigenvalue weighted by atomic mass is 10.1. The summed E-state index contributed by atoms with van der Waals surface area (Å²) in [7, 11) is -24.5. The van der Waals surface area contributed by atoms with Gasteiger partial charge in [0.05, 0.1) is 19.8 Å². The maximum absolute atomic E-state index is 14.0. The molecule has 10 heterocycles. The first-order valence-corrected chi connectivity index (χ1v) is 34.8. The van der Waals surface area contributed by atoms with Gasteiger partial charge in [-0.15, -0.1) is 18.5 Å². The molecule has 5 aromatic heterocycles. The molecule has 0 aliphatic carbocycles. The van der Waals surface area contributed by atoms with E-state index in [4.69, 9.17) is 59.9 Å². The summed E-state index contributed by atoms with van der Waals surface area (Å²) in [6, 6.07) is 3.99. The number of rotatable bonds is 28. The number of aromatic amines is 5. The molecule has 0 saturated carbocycles. The van der Waals surface area contributed by atoms with E-state index in [-0.39, 0.29) is 0 Å². The van der Waals surface area contributed by atoms with E-state index in [0.717, 1.165) is 61.3 Å². The monoisotopic (exact) mass is 1510 g/mol. The Labute approximate surface area is 545 Å². The second kappa shape index (κ2) is 30.5. The van der Waals surface area contributed by atoms with Crippen LogP contribution in [0.25, 0.3) is 0 Å². The summed E-state index contributed by atoms with van der Waals surface area (Å²) >= 11 is 0. The Morgan fingerprint density at radius 3 is 0.929 bits per heavy atom. The van der Waals surface area contributed by atoms with E-state index in [1.165, 1.54) is 0 Å². The number of aromatic nitrogens is 10. The third-order valence-electron chi connectivity index (χ3n) is 15.1. The summed E-state index contributed by atoms with van der Waals surface area (Å²) in [5, 5.41) is 67.2. The van der Waals surface area contributed by atoms with Crippen LogP contribution in [0.2, 0.25) is 0 Å². The van der Waals surface area contributed by atoms with Gasteiger partial charge in [0.1, 0.15) is 98.7 Å². The maximum atomic E-state index is 14.0. The highest BCUT2D eigenvalue weighted by molar-refractivity contribution is 7.48. The molecule has 5 fully saturated rings. The van der Waals surface area contributed by atoms with Gasteiger partial charge in [0.2, 0.25) is 0 Å². The molecule has 0 radical (unpaired) electrons. The molecule has 10 rings (SSSR count).